The van der Waals surface area contributed by atoms with Crippen LogP contribution >= 0.6 is 0 Å². The van der Waals surface area contributed by atoms with E-state index in [1.807, 2.05) is 12.3 Å². The zero-order valence-corrected chi connectivity index (χ0v) is 9.99. The lowest BCUT2D eigenvalue weighted by molar-refractivity contribution is -0.0848. The van der Waals surface area contributed by atoms with Crippen LogP contribution < -0.4 is 5.32 Å². The van der Waals surface area contributed by atoms with Crippen LogP contribution in [0.1, 0.15) is 37.7 Å². The normalized spacial score (nSPS) is 18.1. The minimum absolute atomic E-state index is 0.206. The van der Waals surface area contributed by atoms with Crippen LogP contribution in [0, 0.1) is 0 Å². The molecular weight excluding hydrogens is 202 g/mol. The van der Waals surface area contributed by atoms with Gasteiger partial charge in [0.05, 0.1) is 5.69 Å². The van der Waals surface area contributed by atoms with Crippen molar-refractivity contribution in [2.75, 3.05) is 13.7 Å². The summed E-state index contributed by atoms with van der Waals surface area (Å²) in [5.41, 5.74) is 0.831. The maximum Gasteiger partial charge on any atom is 0.160 e. The van der Waals surface area contributed by atoms with Crippen molar-refractivity contribution in [3.8, 4) is 0 Å². The molecule has 4 heteroatoms. The predicted molar refractivity (Wildman–Crippen MR) is 62.0 cm³/mol. The van der Waals surface area contributed by atoms with Crippen LogP contribution in [0.2, 0.25) is 0 Å². The van der Waals surface area contributed by atoms with E-state index >= 15 is 0 Å². The van der Waals surface area contributed by atoms with Gasteiger partial charge in [-0.3, -0.25) is 0 Å². The van der Waals surface area contributed by atoms with Gasteiger partial charge in [-0.25, -0.2) is 9.97 Å². The summed E-state index contributed by atoms with van der Waals surface area (Å²) in [5.74, 6) is 0.844. The van der Waals surface area contributed by atoms with Gasteiger partial charge in [0.1, 0.15) is 5.60 Å². The minimum Gasteiger partial charge on any atom is -0.370 e. The Balaban J connectivity index is 2.15. The standard InChI is InChI=1S/C12H19N3O/c1-3-13-9-10-5-8-14-11(15-10)12(16-2)6-4-7-12/h5,8,13H,3-4,6-7,9H2,1-2H3. The lowest BCUT2D eigenvalue weighted by Gasteiger charge is -2.38. The summed E-state index contributed by atoms with van der Waals surface area (Å²) in [7, 11) is 1.75. The summed E-state index contributed by atoms with van der Waals surface area (Å²) in [6, 6.07) is 1.95. The summed E-state index contributed by atoms with van der Waals surface area (Å²) in [6.07, 6.45) is 5.10. The van der Waals surface area contributed by atoms with Crippen molar-refractivity contribution in [3.05, 3.63) is 23.8 Å². The Labute approximate surface area is 96.4 Å². The fourth-order valence-corrected chi connectivity index (χ4v) is 1.98. The molecule has 16 heavy (non-hydrogen) atoms. The maximum absolute atomic E-state index is 5.57. The Morgan fingerprint density at radius 3 is 2.88 bits per heavy atom. The lowest BCUT2D eigenvalue weighted by atomic mass is 9.79. The van der Waals surface area contributed by atoms with Crippen LogP contribution in [0.5, 0.6) is 0 Å². The van der Waals surface area contributed by atoms with E-state index in [0.717, 1.165) is 37.4 Å². The molecule has 0 bridgehead atoms. The average Bonchev–Trinajstić information content (AvgIpc) is 2.26. The molecule has 0 saturated heterocycles. The second kappa shape index (κ2) is 4.89. The third kappa shape index (κ3) is 2.08. The van der Waals surface area contributed by atoms with Crippen LogP contribution in [-0.2, 0) is 16.9 Å². The molecule has 1 aliphatic rings. The molecule has 1 aliphatic carbocycles. The van der Waals surface area contributed by atoms with Gasteiger partial charge in [0.15, 0.2) is 5.82 Å². The highest BCUT2D eigenvalue weighted by atomic mass is 16.5. The predicted octanol–water partition coefficient (Wildman–Crippen LogP) is 1.61. The molecule has 1 fully saturated rings. The molecule has 0 spiro atoms. The van der Waals surface area contributed by atoms with Crippen molar-refractivity contribution in [3.63, 3.8) is 0 Å². The summed E-state index contributed by atoms with van der Waals surface area (Å²) >= 11 is 0. The Morgan fingerprint density at radius 1 is 1.50 bits per heavy atom. The van der Waals surface area contributed by atoms with Crippen LogP contribution in [-0.4, -0.2) is 23.6 Å². The molecule has 0 amide bonds. The van der Waals surface area contributed by atoms with Crippen molar-refractivity contribution in [2.45, 2.75) is 38.3 Å². The Morgan fingerprint density at radius 2 is 2.31 bits per heavy atom. The van der Waals surface area contributed by atoms with E-state index in [1.54, 1.807) is 7.11 Å². The van der Waals surface area contributed by atoms with Gasteiger partial charge in [-0.15, -0.1) is 0 Å². The van der Waals surface area contributed by atoms with Crippen molar-refractivity contribution < 1.29 is 4.74 Å². The Bertz CT molecular complexity index is 344. The fraction of sp³-hybridized carbons (Fsp3) is 0.667. The number of aromatic nitrogens is 2. The van der Waals surface area contributed by atoms with E-state index in [1.165, 1.54) is 6.42 Å². The third-order valence-electron chi connectivity index (χ3n) is 3.23. The van der Waals surface area contributed by atoms with Crippen molar-refractivity contribution >= 4 is 0 Å². The number of nitrogens with zero attached hydrogens (tertiary/aromatic N) is 2. The molecule has 1 heterocycles. The molecule has 1 aromatic heterocycles. The van der Waals surface area contributed by atoms with Gasteiger partial charge in [0, 0.05) is 19.9 Å². The van der Waals surface area contributed by atoms with Gasteiger partial charge in [-0.1, -0.05) is 6.92 Å². The molecule has 0 atom stereocenters. The van der Waals surface area contributed by atoms with Gasteiger partial charge in [-0.05, 0) is 31.9 Å². The van der Waals surface area contributed by atoms with E-state index < -0.39 is 0 Å². The molecule has 88 valence electrons. The fourth-order valence-electron chi connectivity index (χ4n) is 1.98. The number of hydrogen-bond donors (Lipinski definition) is 1. The molecule has 1 aromatic rings. The quantitative estimate of drug-likeness (QED) is 0.820. The maximum atomic E-state index is 5.57. The molecule has 0 unspecified atom stereocenters. The summed E-state index contributed by atoms with van der Waals surface area (Å²) in [5, 5.41) is 3.27. The summed E-state index contributed by atoms with van der Waals surface area (Å²) < 4.78 is 5.57. The smallest absolute Gasteiger partial charge is 0.160 e. The van der Waals surface area contributed by atoms with Crippen LogP contribution in [0.15, 0.2) is 12.3 Å². The number of hydrogen-bond acceptors (Lipinski definition) is 4. The summed E-state index contributed by atoms with van der Waals surface area (Å²) in [6.45, 7) is 3.84. The van der Waals surface area contributed by atoms with E-state index in [0.29, 0.717) is 0 Å². The van der Waals surface area contributed by atoms with Crippen molar-refractivity contribution in [2.24, 2.45) is 0 Å². The molecule has 0 aliphatic heterocycles. The number of ether oxygens (including phenoxy) is 1. The SMILES string of the molecule is CCNCc1ccnc(C2(OC)CCC2)n1. The highest BCUT2D eigenvalue weighted by Gasteiger charge is 2.41. The van der Waals surface area contributed by atoms with Gasteiger partial charge in [0.2, 0.25) is 0 Å². The van der Waals surface area contributed by atoms with Crippen LogP contribution in [0.3, 0.4) is 0 Å². The van der Waals surface area contributed by atoms with E-state index in [4.69, 9.17) is 4.74 Å². The molecule has 1 N–H and O–H groups in total. The van der Waals surface area contributed by atoms with Gasteiger partial charge >= 0.3 is 0 Å². The van der Waals surface area contributed by atoms with Crippen molar-refractivity contribution in [1.82, 2.24) is 15.3 Å². The second-order valence-electron chi connectivity index (χ2n) is 4.20. The second-order valence-corrected chi connectivity index (χ2v) is 4.20. The molecule has 1 saturated carbocycles. The van der Waals surface area contributed by atoms with Crippen LogP contribution in [0.25, 0.3) is 0 Å². The van der Waals surface area contributed by atoms with Crippen LogP contribution in [0.4, 0.5) is 0 Å². The Kier molecular flexibility index (Phi) is 3.51. The minimum atomic E-state index is -0.206. The first-order valence-electron chi connectivity index (χ1n) is 5.89. The average molecular weight is 221 g/mol. The van der Waals surface area contributed by atoms with Gasteiger partial charge < -0.3 is 10.1 Å². The van der Waals surface area contributed by atoms with Crippen molar-refractivity contribution in [1.29, 1.82) is 0 Å². The molecular formula is C12H19N3O. The highest BCUT2D eigenvalue weighted by molar-refractivity contribution is 5.11. The number of rotatable bonds is 5. The van der Waals surface area contributed by atoms with Gasteiger partial charge in [-0.2, -0.15) is 0 Å². The van der Waals surface area contributed by atoms with E-state index in [9.17, 15) is 0 Å². The first-order valence-corrected chi connectivity index (χ1v) is 5.89. The zero-order chi connectivity index (χ0) is 11.4. The zero-order valence-electron chi connectivity index (χ0n) is 9.99. The lowest BCUT2D eigenvalue weighted by Crippen LogP contribution is -2.38. The third-order valence-corrected chi connectivity index (χ3v) is 3.23. The summed E-state index contributed by atoms with van der Waals surface area (Å²) in [4.78, 5) is 8.93. The Hall–Kier alpha value is -1.00. The first kappa shape index (κ1) is 11.5. The monoisotopic (exact) mass is 221 g/mol. The molecule has 4 nitrogen and oxygen atoms in total. The highest BCUT2D eigenvalue weighted by Crippen LogP contribution is 2.42. The molecule has 0 radical (unpaired) electrons. The number of nitrogens with one attached hydrogen (secondary N) is 1. The first-order chi connectivity index (χ1) is 7.80. The van der Waals surface area contributed by atoms with Gasteiger partial charge in [0.25, 0.3) is 0 Å². The topological polar surface area (TPSA) is 47.0 Å². The van der Waals surface area contributed by atoms with E-state index in [-0.39, 0.29) is 5.60 Å². The number of methoxy groups -OCH3 is 1. The molecule has 0 aromatic carbocycles. The largest absolute Gasteiger partial charge is 0.370 e. The molecule has 2 rings (SSSR count). The van der Waals surface area contributed by atoms with E-state index in [2.05, 4.69) is 22.2 Å².